The summed E-state index contributed by atoms with van der Waals surface area (Å²) in [5.41, 5.74) is 7.28. The summed E-state index contributed by atoms with van der Waals surface area (Å²) in [6.07, 6.45) is 2.45. The van der Waals surface area contributed by atoms with E-state index >= 15 is 0 Å². The summed E-state index contributed by atoms with van der Waals surface area (Å²) in [6.45, 7) is 4.20. The minimum Gasteiger partial charge on any atom is -0.480 e. The fraction of sp³-hybridized carbons (Fsp3) is 0.423. The van der Waals surface area contributed by atoms with Crippen LogP contribution in [-0.2, 0) is 24.4 Å². The standard InChI is InChI=1S/C26H34N6O6S/c1-2-12-32(17-25(34)35)26(36)22(14-24(33)30-23(16-29-27)20-8-5-11-28-15-20)31-39(37,38)21-10-9-18-6-3-4-7-19(18)13-21/h2-4,6-7,9-10,13,20,22-23,27-28,31H,1,5,8,11-12,14-17H2,(H,30,33)(H,34,35)/t20-,22-,23?/m0/s1. The number of carbonyl (C=O) groups excluding carboxylic acids is 2. The molecule has 0 spiro atoms. The number of carbonyl (C=O) groups is 3. The molecule has 0 bridgehead atoms. The number of fused-ring (bicyclic) bond motifs is 1. The zero-order valence-corrected chi connectivity index (χ0v) is 22.3. The predicted octanol–water partition coefficient (Wildman–Crippen LogP) is 1.49. The highest BCUT2D eigenvalue weighted by Crippen LogP contribution is 2.20. The molecular weight excluding hydrogens is 524 g/mol. The number of sulfonamides is 1. The molecule has 1 unspecified atom stereocenters. The lowest BCUT2D eigenvalue weighted by atomic mass is 9.91. The molecule has 1 fully saturated rings. The van der Waals surface area contributed by atoms with E-state index in [2.05, 4.69) is 27.0 Å². The number of nitrogens with zero attached hydrogens (tertiary/aromatic N) is 2. The molecular formula is C26H34N6O6S. The first-order chi connectivity index (χ1) is 18.6. The van der Waals surface area contributed by atoms with E-state index in [0.29, 0.717) is 11.9 Å². The molecule has 210 valence electrons. The zero-order chi connectivity index (χ0) is 28.4. The lowest BCUT2D eigenvalue weighted by Gasteiger charge is -2.31. The molecule has 2 aromatic rings. The minimum absolute atomic E-state index is 0.0181. The molecule has 0 aromatic heterocycles. The van der Waals surface area contributed by atoms with Crippen molar-refractivity contribution in [2.24, 2.45) is 11.0 Å². The van der Waals surface area contributed by atoms with Crippen LogP contribution >= 0.6 is 0 Å². The first-order valence-electron chi connectivity index (χ1n) is 12.6. The van der Waals surface area contributed by atoms with Crippen LogP contribution in [0.2, 0.25) is 0 Å². The van der Waals surface area contributed by atoms with Gasteiger partial charge in [-0.3, -0.25) is 14.4 Å². The molecule has 0 aliphatic carbocycles. The third-order valence-electron chi connectivity index (χ3n) is 6.54. The summed E-state index contributed by atoms with van der Waals surface area (Å²) in [5, 5.41) is 20.2. The molecule has 0 radical (unpaired) electrons. The van der Waals surface area contributed by atoms with Gasteiger partial charge in [0.25, 0.3) is 0 Å². The summed E-state index contributed by atoms with van der Waals surface area (Å²) >= 11 is 0. The molecule has 0 saturated carbocycles. The Labute approximate surface area is 227 Å². The first kappa shape index (κ1) is 29.9. The maximum Gasteiger partial charge on any atom is 0.323 e. The van der Waals surface area contributed by atoms with Gasteiger partial charge >= 0.3 is 5.97 Å². The molecule has 5 N–H and O–H groups in total. The quantitative estimate of drug-likeness (QED) is 0.172. The van der Waals surface area contributed by atoms with Crippen molar-refractivity contribution in [1.29, 1.82) is 5.53 Å². The molecule has 2 aromatic carbocycles. The zero-order valence-electron chi connectivity index (χ0n) is 21.5. The van der Waals surface area contributed by atoms with Crippen LogP contribution in [0.5, 0.6) is 0 Å². The number of carboxylic acids is 1. The highest BCUT2D eigenvalue weighted by Gasteiger charge is 2.33. The molecule has 1 aliphatic rings. The maximum atomic E-state index is 13.4. The van der Waals surface area contributed by atoms with Crippen molar-refractivity contribution < 1.29 is 27.9 Å². The van der Waals surface area contributed by atoms with Crippen LogP contribution in [0.15, 0.2) is 65.1 Å². The van der Waals surface area contributed by atoms with Gasteiger partial charge < -0.3 is 20.6 Å². The van der Waals surface area contributed by atoms with Gasteiger partial charge in [0.2, 0.25) is 21.8 Å². The van der Waals surface area contributed by atoms with Crippen LogP contribution in [0.3, 0.4) is 0 Å². The van der Waals surface area contributed by atoms with Gasteiger partial charge in [0.15, 0.2) is 0 Å². The van der Waals surface area contributed by atoms with Gasteiger partial charge in [-0.15, -0.1) is 6.58 Å². The van der Waals surface area contributed by atoms with Gasteiger partial charge in [-0.1, -0.05) is 36.4 Å². The molecule has 1 heterocycles. The normalized spacial score (nSPS) is 17.1. The molecule has 3 rings (SSSR count). The Bertz CT molecular complexity index is 1310. The van der Waals surface area contributed by atoms with Crippen LogP contribution in [0, 0.1) is 11.4 Å². The molecule has 2 amide bonds. The lowest BCUT2D eigenvalue weighted by molar-refractivity contribution is -0.145. The van der Waals surface area contributed by atoms with E-state index in [4.69, 9.17) is 5.53 Å². The Kier molecular flexibility index (Phi) is 10.7. The number of rotatable bonds is 14. The second kappa shape index (κ2) is 13.9. The van der Waals surface area contributed by atoms with Gasteiger partial charge in [-0.25, -0.2) is 13.9 Å². The van der Waals surface area contributed by atoms with E-state index < -0.39 is 52.9 Å². The first-order valence-corrected chi connectivity index (χ1v) is 14.1. The Balaban J connectivity index is 1.87. The molecule has 3 atom stereocenters. The smallest absolute Gasteiger partial charge is 0.323 e. The number of nitrogens with one attached hydrogen (secondary N) is 4. The van der Waals surface area contributed by atoms with Crippen molar-refractivity contribution >= 4 is 38.6 Å². The summed E-state index contributed by atoms with van der Waals surface area (Å²) in [5.74, 6) is -2.78. The number of piperidine rings is 1. The Morgan fingerprint density at radius 3 is 2.62 bits per heavy atom. The molecule has 12 nitrogen and oxygen atoms in total. The summed E-state index contributed by atoms with van der Waals surface area (Å²) in [4.78, 5) is 38.7. The lowest BCUT2D eigenvalue weighted by Crippen LogP contribution is -2.53. The van der Waals surface area contributed by atoms with E-state index in [1.165, 1.54) is 18.2 Å². The highest BCUT2D eigenvalue weighted by molar-refractivity contribution is 7.89. The van der Waals surface area contributed by atoms with Gasteiger partial charge in [-0.2, -0.15) is 9.84 Å². The van der Waals surface area contributed by atoms with Gasteiger partial charge in [0, 0.05) is 6.54 Å². The third-order valence-corrected chi connectivity index (χ3v) is 8.01. The van der Waals surface area contributed by atoms with E-state index in [-0.39, 0.29) is 23.9 Å². The predicted molar refractivity (Wildman–Crippen MR) is 145 cm³/mol. The number of hydrogen-bond donors (Lipinski definition) is 5. The Morgan fingerprint density at radius 2 is 1.97 bits per heavy atom. The van der Waals surface area contributed by atoms with Crippen LogP contribution in [0.1, 0.15) is 19.3 Å². The van der Waals surface area contributed by atoms with Crippen LogP contribution in [-0.4, -0.2) is 81.0 Å². The van der Waals surface area contributed by atoms with Crippen LogP contribution in [0.25, 0.3) is 10.8 Å². The SMILES string of the molecule is C=CCN(CC(=O)O)C(=O)[C@H](CC(=O)NC(CN=N)[C@H]1CCCNC1)NS(=O)(=O)c1ccc2ccccc2c1. The molecule has 1 saturated heterocycles. The van der Waals surface area contributed by atoms with Gasteiger partial charge in [-0.05, 0) is 54.8 Å². The van der Waals surface area contributed by atoms with Crippen molar-refractivity contribution in [3.05, 3.63) is 55.1 Å². The Hall–Kier alpha value is -3.68. The number of hydrogen-bond acceptors (Lipinski definition) is 8. The fourth-order valence-electron chi connectivity index (χ4n) is 4.63. The minimum atomic E-state index is -4.29. The number of aliphatic carboxylic acids is 1. The second-order valence-electron chi connectivity index (χ2n) is 9.41. The average Bonchev–Trinajstić information content (AvgIpc) is 2.91. The fourth-order valence-corrected chi connectivity index (χ4v) is 5.85. The van der Waals surface area contributed by atoms with Crippen molar-refractivity contribution in [3.8, 4) is 0 Å². The van der Waals surface area contributed by atoms with Crippen molar-refractivity contribution in [3.63, 3.8) is 0 Å². The number of carboxylic acid groups (broad SMARTS) is 1. The van der Waals surface area contributed by atoms with Crippen molar-refractivity contribution in [2.45, 2.75) is 36.2 Å². The van der Waals surface area contributed by atoms with Crippen LogP contribution in [0.4, 0.5) is 0 Å². The van der Waals surface area contributed by atoms with Crippen LogP contribution < -0.4 is 15.4 Å². The molecule has 13 heteroatoms. The topological polar surface area (TPSA) is 181 Å². The maximum absolute atomic E-state index is 13.4. The van der Waals surface area contributed by atoms with Crippen molar-refractivity contribution in [1.82, 2.24) is 20.3 Å². The van der Waals surface area contributed by atoms with E-state index in [9.17, 15) is 27.9 Å². The Morgan fingerprint density at radius 1 is 1.23 bits per heavy atom. The average molecular weight is 559 g/mol. The third kappa shape index (κ3) is 8.40. The summed E-state index contributed by atoms with van der Waals surface area (Å²) < 4.78 is 29.0. The number of amides is 2. The summed E-state index contributed by atoms with van der Waals surface area (Å²) in [6, 6.07) is 9.60. The second-order valence-corrected chi connectivity index (χ2v) is 11.1. The molecule has 39 heavy (non-hydrogen) atoms. The monoisotopic (exact) mass is 558 g/mol. The van der Waals surface area contributed by atoms with E-state index in [0.717, 1.165) is 29.7 Å². The van der Waals surface area contributed by atoms with Gasteiger partial charge in [0.1, 0.15) is 12.6 Å². The van der Waals surface area contributed by atoms with E-state index in [1.54, 1.807) is 18.2 Å². The van der Waals surface area contributed by atoms with Gasteiger partial charge in [0.05, 0.1) is 23.9 Å². The summed E-state index contributed by atoms with van der Waals surface area (Å²) in [7, 11) is -4.29. The van der Waals surface area contributed by atoms with Crippen molar-refractivity contribution in [2.75, 3.05) is 32.7 Å². The molecule has 1 aliphatic heterocycles. The van der Waals surface area contributed by atoms with E-state index in [1.807, 2.05) is 12.1 Å². The number of benzene rings is 2. The highest BCUT2D eigenvalue weighted by atomic mass is 32.2. The largest absolute Gasteiger partial charge is 0.480 e.